The number of hydrogen-bond donors (Lipinski definition) is 2. The molecule has 0 radical (unpaired) electrons. The molecule has 5 heteroatoms. The Morgan fingerprint density at radius 3 is 2.85 bits per heavy atom. The average Bonchev–Trinajstić information content (AvgIpc) is 2.48. The fraction of sp³-hybridized carbons (Fsp3) is 0.533. The van der Waals surface area contributed by atoms with Crippen LogP contribution in [0.5, 0.6) is 5.75 Å². The Labute approximate surface area is 120 Å². The first-order valence-corrected chi connectivity index (χ1v) is 7.05. The van der Waals surface area contributed by atoms with Crippen LogP contribution >= 0.6 is 0 Å². The van der Waals surface area contributed by atoms with Gasteiger partial charge in [-0.25, -0.2) is 0 Å². The molecule has 0 saturated carbocycles. The molecule has 2 N–H and O–H groups in total. The summed E-state index contributed by atoms with van der Waals surface area (Å²) in [6.07, 6.45) is 0. The average molecular weight is 277 g/mol. The lowest BCUT2D eigenvalue weighted by atomic mass is 10.1. The summed E-state index contributed by atoms with van der Waals surface area (Å²) in [5.41, 5.74) is 2.26. The molecule has 0 spiro atoms. The smallest absolute Gasteiger partial charge is 0.258 e. The fourth-order valence-electron chi connectivity index (χ4n) is 2.14. The van der Waals surface area contributed by atoms with Crippen molar-refractivity contribution in [3.8, 4) is 5.75 Å². The van der Waals surface area contributed by atoms with Gasteiger partial charge in [-0.3, -0.25) is 9.69 Å². The van der Waals surface area contributed by atoms with Crippen LogP contribution in [0.3, 0.4) is 0 Å². The summed E-state index contributed by atoms with van der Waals surface area (Å²) in [4.78, 5) is 14.0. The largest absolute Gasteiger partial charge is 0.483 e. The number of carbonyl (C=O) groups excluding carboxylic acids is 1. The molecule has 1 saturated heterocycles. The number of benzene rings is 1. The van der Waals surface area contributed by atoms with Gasteiger partial charge in [-0.15, -0.1) is 0 Å². The van der Waals surface area contributed by atoms with E-state index in [-0.39, 0.29) is 12.5 Å². The SMILES string of the molecule is Cc1cccc(OCC(=O)NCN2CCNCC2)c1C. The van der Waals surface area contributed by atoms with Crippen LogP contribution in [0.25, 0.3) is 0 Å². The maximum absolute atomic E-state index is 11.8. The molecule has 1 aromatic carbocycles. The number of piperazine rings is 1. The molecule has 1 aliphatic heterocycles. The van der Waals surface area contributed by atoms with Crippen LogP contribution in [0.4, 0.5) is 0 Å². The van der Waals surface area contributed by atoms with Crippen LogP contribution in [0.1, 0.15) is 11.1 Å². The van der Waals surface area contributed by atoms with Crippen LogP contribution in [-0.2, 0) is 4.79 Å². The van der Waals surface area contributed by atoms with Crippen molar-refractivity contribution in [2.24, 2.45) is 0 Å². The van der Waals surface area contributed by atoms with E-state index in [4.69, 9.17) is 4.74 Å². The first-order valence-electron chi connectivity index (χ1n) is 7.05. The van der Waals surface area contributed by atoms with Crippen molar-refractivity contribution in [2.45, 2.75) is 13.8 Å². The van der Waals surface area contributed by atoms with E-state index in [0.717, 1.165) is 37.5 Å². The Kier molecular flexibility index (Phi) is 5.38. The molecule has 0 unspecified atom stereocenters. The second-order valence-corrected chi connectivity index (χ2v) is 5.11. The van der Waals surface area contributed by atoms with Gasteiger partial charge < -0.3 is 15.4 Å². The van der Waals surface area contributed by atoms with Gasteiger partial charge in [0.2, 0.25) is 0 Å². The molecule has 0 aliphatic carbocycles. The van der Waals surface area contributed by atoms with Gasteiger partial charge in [0, 0.05) is 26.2 Å². The van der Waals surface area contributed by atoms with Gasteiger partial charge >= 0.3 is 0 Å². The number of hydrogen-bond acceptors (Lipinski definition) is 4. The topological polar surface area (TPSA) is 53.6 Å². The van der Waals surface area contributed by atoms with Crippen molar-refractivity contribution in [3.05, 3.63) is 29.3 Å². The van der Waals surface area contributed by atoms with Gasteiger partial charge in [-0.05, 0) is 31.0 Å². The van der Waals surface area contributed by atoms with E-state index >= 15 is 0 Å². The van der Waals surface area contributed by atoms with E-state index in [1.165, 1.54) is 5.56 Å². The molecule has 1 fully saturated rings. The third-order valence-electron chi connectivity index (χ3n) is 3.62. The number of amides is 1. The number of nitrogens with one attached hydrogen (secondary N) is 2. The zero-order valence-electron chi connectivity index (χ0n) is 12.2. The van der Waals surface area contributed by atoms with Gasteiger partial charge in [0.15, 0.2) is 6.61 Å². The maximum atomic E-state index is 11.8. The van der Waals surface area contributed by atoms with E-state index in [0.29, 0.717) is 6.67 Å². The predicted molar refractivity (Wildman–Crippen MR) is 78.9 cm³/mol. The number of rotatable bonds is 5. The van der Waals surface area contributed by atoms with Gasteiger partial charge in [-0.2, -0.15) is 0 Å². The van der Waals surface area contributed by atoms with Crippen molar-refractivity contribution in [3.63, 3.8) is 0 Å². The fourth-order valence-corrected chi connectivity index (χ4v) is 2.14. The monoisotopic (exact) mass is 277 g/mol. The van der Waals surface area contributed by atoms with Crippen LogP contribution in [0.15, 0.2) is 18.2 Å². The summed E-state index contributed by atoms with van der Waals surface area (Å²) in [5.74, 6) is 0.701. The van der Waals surface area contributed by atoms with Crippen LogP contribution in [-0.4, -0.2) is 50.3 Å². The Balaban J connectivity index is 1.73. The van der Waals surface area contributed by atoms with Crippen molar-refractivity contribution in [1.82, 2.24) is 15.5 Å². The lowest BCUT2D eigenvalue weighted by Gasteiger charge is -2.27. The number of aryl methyl sites for hydroxylation is 1. The summed E-state index contributed by atoms with van der Waals surface area (Å²) in [7, 11) is 0. The molecule has 20 heavy (non-hydrogen) atoms. The highest BCUT2D eigenvalue weighted by molar-refractivity contribution is 5.77. The second kappa shape index (κ2) is 7.26. The van der Waals surface area contributed by atoms with E-state index in [9.17, 15) is 4.79 Å². The van der Waals surface area contributed by atoms with Crippen molar-refractivity contribution in [1.29, 1.82) is 0 Å². The van der Waals surface area contributed by atoms with Crippen LogP contribution < -0.4 is 15.4 Å². The Hall–Kier alpha value is -1.59. The molecule has 1 aliphatic rings. The summed E-state index contributed by atoms with van der Waals surface area (Å²) < 4.78 is 5.58. The van der Waals surface area contributed by atoms with E-state index in [1.807, 2.05) is 32.0 Å². The van der Waals surface area contributed by atoms with Crippen LogP contribution in [0.2, 0.25) is 0 Å². The Morgan fingerprint density at radius 2 is 2.10 bits per heavy atom. The minimum Gasteiger partial charge on any atom is -0.483 e. The lowest BCUT2D eigenvalue weighted by molar-refractivity contribution is -0.123. The molecule has 110 valence electrons. The summed E-state index contributed by atoms with van der Waals surface area (Å²) >= 11 is 0. The normalized spacial score (nSPS) is 15.9. The quantitative estimate of drug-likeness (QED) is 0.830. The molecule has 2 rings (SSSR count). The Morgan fingerprint density at radius 1 is 1.35 bits per heavy atom. The molecule has 1 amide bonds. The third-order valence-corrected chi connectivity index (χ3v) is 3.62. The van der Waals surface area contributed by atoms with E-state index in [2.05, 4.69) is 15.5 Å². The van der Waals surface area contributed by atoms with E-state index < -0.39 is 0 Å². The number of carbonyl (C=O) groups is 1. The molecule has 0 atom stereocenters. The molecule has 5 nitrogen and oxygen atoms in total. The van der Waals surface area contributed by atoms with Gasteiger partial charge in [-0.1, -0.05) is 12.1 Å². The first-order chi connectivity index (χ1) is 9.66. The minimum atomic E-state index is -0.0792. The molecule has 1 aromatic rings. The highest BCUT2D eigenvalue weighted by Gasteiger charge is 2.11. The molecule has 0 bridgehead atoms. The maximum Gasteiger partial charge on any atom is 0.258 e. The number of nitrogens with zero attached hydrogens (tertiary/aromatic N) is 1. The van der Waals surface area contributed by atoms with Gasteiger partial charge in [0.05, 0.1) is 6.67 Å². The van der Waals surface area contributed by atoms with E-state index in [1.54, 1.807) is 0 Å². The molecular formula is C15H23N3O2. The van der Waals surface area contributed by atoms with Crippen molar-refractivity contribution < 1.29 is 9.53 Å². The van der Waals surface area contributed by atoms with Crippen molar-refractivity contribution in [2.75, 3.05) is 39.5 Å². The minimum absolute atomic E-state index is 0.0659. The molecular weight excluding hydrogens is 254 g/mol. The first kappa shape index (κ1) is 14.8. The second-order valence-electron chi connectivity index (χ2n) is 5.11. The third kappa shape index (κ3) is 4.21. The molecule has 0 aromatic heterocycles. The summed E-state index contributed by atoms with van der Waals surface area (Å²) in [6, 6.07) is 5.87. The Bertz CT molecular complexity index is 456. The van der Waals surface area contributed by atoms with Crippen LogP contribution in [0, 0.1) is 13.8 Å². The highest BCUT2D eigenvalue weighted by Crippen LogP contribution is 2.20. The molecule has 1 heterocycles. The zero-order valence-corrected chi connectivity index (χ0v) is 12.2. The highest BCUT2D eigenvalue weighted by atomic mass is 16.5. The standard InChI is InChI=1S/C15H23N3O2/c1-12-4-3-5-14(13(12)2)20-10-15(19)17-11-18-8-6-16-7-9-18/h3-5,16H,6-11H2,1-2H3,(H,17,19). The lowest BCUT2D eigenvalue weighted by Crippen LogP contribution is -2.48. The predicted octanol–water partition coefficient (Wildman–Crippen LogP) is 0.661. The number of ether oxygens (including phenoxy) is 1. The summed E-state index contributed by atoms with van der Waals surface area (Å²) in [5, 5.41) is 6.17. The van der Waals surface area contributed by atoms with Gasteiger partial charge in [0.25, 0.3) is 5.91 Å². The zero-order chi connectivity index (χ0) is 14.4. The van der Waals surface area contributed by atoms with Crippen molar-refractivity contribution >= 4 is 5.91 Å². The van der Waals surface area contributed by atoms with Gasteiger partial charge in [0.1, 0.15) is 5.75 Å². The summed E-state index contributed by atoms with van der Waals surface area (Å²) in [6.45, 7) is 8.60.